The predicted molar refractivity (Wildman–Crippen MR) is 134 cm³/mol. The van der Waals surface area contributed by atoms with E-state index in [0.717, 1.165) is 12.1 Å². The number of hydrogen-bond acceptors (Lipinski definition) is 4. The van der Waals surface area contributed by atoms with E-state index in [2.05, 4.69) is 15.6 Å². The average Bonchev–Trinajstić information content (AvgIpc) is 3.15. The van der Waals surface area contributed by atoms with E-state index in [0.29, 0.717) is 12.1 Å². The molecule has 1 atom stereocenters. The molecule has 0 spiro atoms. The summed E-state index contributed by atoms with van der Waals surface area (Å²) in [5, 5.41) is 5.08. The first-order valence-electron chi connectivity index (χ1n) is 11.6. The summed E-state index contributed by atoms with van der Waals surface area (Å²) in [7, 11) is 0. The normalized spacial score (nSPS) is 12.4. The summed E-state index contributed by atoms with van der Waals surface area (Å²) in [6.45, 7) is 5.78. The lowest BCUT2D eigenvalue weighted by Gasteiger charge is -2.19. The van der Waals surface area contributed by atoms with Crippen molar-refractivity contribution in [3.63, 3.8) is 0 Å². The van der Waals surface area contributed by atoms with Gasteiger partial charge < -0.3 is 15.2 Å². The summed E-state index contributed by atoms with van der Waals surface area (Å²) in [5.74, 6) is -5.69. The number of nitrogens with one attached hydrogen (secondary N) is 2. The molecular weight excluding hydrogens is 547 g/mol. The molecule has 0 bridgehead atoms. The van der Waals surface area contributed by atoms with E-state index in [9.17, 15) is 36.3 Å². The second kappa shape index (κ2) is 11.5. The fourth-order valence-electron chi connectivity index (χ4n) is 3.94. The highest BCUT2D eigenvalue weighted by Crippen LogP contribution is 2.36. The molecule has 0 aliphatic carbocycles. The van der Waals surface area contributed by atoms with Crippen LogP contribution in [0.4, 0.5) is 27.8 Å². The summed E-state index contributed by atoms with van der Waals surface area (Å²) in [6.07, 6.45) is -4.92. The molecule has 0 radical (unpaired) electrons. The van der Waals surface area contributed by atoms with Crippen LogP contribution in [0.2, 0.25) is 5.02 Å². The molecule has 2 N–H and O–H groups in total. The molecule has 208 valence electrons. The van der Waals surface area contributed by atoms with Gasteiger partial charge >= 0.3 is 6.18 Å². The molecule has 0 saturated carbocycles. The highest BCUT2D eigenvalue weighted by Gasteiger charge is 2.33. The van der Waals surface area contributed by atoms with Crippen LogP contribution in [-0.2, 0) is 17.5 Å². The number of carbonyl (C=O) groups excluding carboxylic acids is 3. The molecule has 13 heteroatoms. The topological polar surface area (TPSA) is 93.1 Å². The molecule has 0 aliphatic rings. The smallest absolute Gasteiger partial charge is 0.347 e. The average molecular weight is 571 g/mol. The second-order valence-corrected chi connectivity index (χ2v) is 9.56. The van der Waals surface area contributed by atoms with Crippen molar-refractivity contribution in [2.24, 2.45) is 0 Å². The van der Waals surface area contributed by atoms with Crippen molar-refractivity contribution < 1.29 is 36.3 Å². The van der Waals surface area contributed by atoms with Gasteiger partial charge in [-0.1, -0.05) is 18.5 Å². The van der Waals surface area contributed by atoms with E-state index in [1.165, 1.54) is 17.6 Å². The van der Waals surface area contributed by atoms with Gasteiger partial charge in [0, 0.05) is 22.5 Å². The van der Waals surface area contributed by atoms with Gasteiger partial charge in [0.05, 0.1) is 17.8 Å². The lowest BCUT2D eigenvalue weighted by molar-refractivity contribution is -0.137. The number of imidazole rings is 1. The highest BCUT2D eigenvalue weighted by molar-refractivity contribution is 6.31. The van der Waals surface area contributed by atoms with Crippen molar-refractivity contribution >= 4 is 35.0 Å². The summed E-state index contributed by atoms with van der Waals surface area (Å²) < 4.78 is 68.9. The quantitative estimate of drug-likeness (QED) is 0.327. The zero-order chi connectivity index (χ0) is 29.2. The minimum atomic E-state index is -4.92. The van der Waals surface area contributed by atoms with Crippen LogP contribution in [0.3, 0.4) is 0 Å². The van der Waals surface area contributed by atoms with Gasteiger partial charge in [-0.05, 0) is 62.7 Å². The van der Waals surface area contributed by atoms with E-state index in [-0.39, 0.29) is 46.6 Å². The number of alkyl halides is 3. The van der Waals surface area contributed by atoms with Crippen molar-refractivity contribution in [3.8, 4) is 0 Å². The van der Waals surface area contributed by atoms with E-state index in [4.69, 9.17) is 11.6 Å². The first kappa shape index (κ1) is 29.8. The van der Waals surface area contributed by atoms with Crippen molar-refractivity contribution in [3.05, 3.63) is 81.3 Å². The Bertz CT molecular complexity index is 1440. The molecule has 3 rings (SSSR count). The van der Waals surface area contributed by atoms with Gasteiger partial charge in [0.15, 0.2) is 5.82 Å². The van der Waals surface area contributed by atoms with Crippen LogP contribution < -0.4 is 10.6 Å². The molecule has 39 heavy (non-hydrogen) atoms. The number of anilines is 1. The first-order chi connectivity index (χ1) is 18.1. The number of Topliss-reactive ketones (excluding diaryl/α,β-unsaturated/α-hetero) is 1. The fourth-order valence-corrected chi connectivity index (χ4v) is 4.22. The molecule has 1 aromatic heterocycles. The van der Waals surface area contributed by atoms with Crippen molar-refractivity contribution in [1.29, 1.82) is 0 Å². The molecule has 0 aliphatic heterocycles. The molecule has 0 saturated heterocycles. The van der Waals surface area contributed by atoms with Crippen LogP contribution in [0.25, 0.3) is 0 Å². The number of rotatable bonds is 8. The summed E-state index contributed by atoms with van der Waals surface area (Å²) in [5.41, 5.74) is -1.78. The van der Waals surface area contributed by atoms with E-state index < -0.39 is 52.5 Å². The van der Waals surface area contributed by atoms with Gasteiger partial charge in [0.1, 0.15) is 17.4 Å². The zero-order valence-corrected chi connectivity index (χ0v) is 22.0. The first-order valence-corrected chi connectivity index (χ1v) is 12.0. The second-order valence-electron chi connectivity index (χ2n) is 9.15. The number of nitrogens with zero attached hydrogens (tertiary/aromatic N) is 2. The Hall–Kier alpha value is -3.80. The zero-order valence-electron chi connectivity index (χ0n) is 21.2. The number of aromatic nitrogens is 2. The van der Waals surface area contributed by atoms with Gasteiger partial charge in [-0.15, -0.1) is 0 Å². The Morgan fingerprint density at radius 1 is 1.00 bits per heavy atom. The maximum atomic E-state index is 14.1. The Morgan fingerprint density at radius 2 is 1.67 bits per heavy atom. The maximum absolute atomic E-state index is 14.1. The van der Waals surface area contributed by atoms with E-state index in [1.54, 1.807) is 20.8 Å². The van der Waals surface area contributed by atoms with Crippen molar-refractivity contribution in [2.45, 2.75) is 52.4 Å². The Morgan fingerprint density at radius 3 is 2.26 bits per heavy atom. The van der Waals surface area contributed by atoms with Crippen LogP contribution in [0.15, 0.2) is 36.4 Å². The number of amides is 2. The molecular formula is C26H24ClF5N4O3. The minimum Gasteiger partial charge on any atom is -0.347 e. The lowest BCUT2D eigenvalue weighted by Crippen LogP contribution is -2.33. The standard InChI is InChI=1S/C26H24ClF5N4O3/c1-12(2)33-25(39)23-34-22(35-24(38)15-7-16(26(30,31)32)9-18(29)8-15)21(36(23)11-13(3)37)14(4)19-10-17(28)5-6-20(19)27/h5-10,12,14H,11H2,1-4H3,(H,33,39)(H,35,38)/t14-/m0/s1. The number of ketones is 1. The number of halogens is 6. The van der Waals surface area contributed by atoms with Crippen LogP contribution in [0, 0.1) is 11.6 Å². The summed E-state index contributed by atoms with van der Waals surface area (Å²) >= 11 is 6.29. The van der Waals surface area contributed by atoms with Gasteiger partial charge in [0.25, 0.3) is 11.8 Å². The van der Waals surface area contributed by atoms with Gasteiger partial charge in [-0.25, -0.2) is 13.8 Å². The van der Waals surface area contributed by atoms with Crippen molar-refractivity contribution in [1.82, 2.24) is 14.9 Å². The predicted octanol–water partition coefficient (Wildman–Crippen LogP) is 5.96. The molecule has 2 aromatic carbocycles. The fraction of sp³-hybridized carbons (Fsp3) is 0.308. The van der Waals surface area contributed by atoms with Crippen LogP contribution in [-0.4, -0.2) is 33.2 Å². The Labute approximate surface area is 225 Å². The third-order valence-electron chi connectivity index (χ3n) is 5.56. The van der Waals surface area contributed by atoms with Gasteiger partial charge in [-0.2, -0.15) is 13.2 Å². The molecule has 2 amide bonds. The Balaban J connectivity index is 2.21. The largest absolute Gasteiger partial charge is 0.416 e. The highest BCUT2D eigenvalue weighted by atomic mass is 35.5. The monoisotopic (exact) mass is 570 g/mol. The number of hydrogen-bond donors (Lipinski definition) is 2. The SMILES string of the molecule is CC(=O)Cn1c(C(=O)NC(C)C)nc(NC(=O)c2cc(F)cc(C(F)(F)F)c2)c1[C@@H](C)c1cc(F)ccc1Cl. The number of carbonyl (C=O) groups is 3. The van der Waals surface area contributed by atoms with Gasteiger partial charge in [-0.3, -0.25) is 14.4 Å². The van der Waals surface area contributed by atoms with Crippen LogP contribution in [0.1, 0.15) is 71.4 Å². The number of benzene rings is 2. The molecule has 3 aromatic rings. The summed E-state index contributed by atoms with van der Waals surface area (Å²) in [6, 6.07) is 4.51. The molecule has 1 heterocycles. The molecule has 7 nitrogen and oxygen atoms in total. The third-order valence-corrected chi connectivity index (χ3v) is 5.91. The molecule has 0 fully saturated rings. The van der Waals surface area contributed by atoms with Gasteiger partial charge in [0.2, 0.25) is 5.82 Å². The minimum absolute atomic E-state index is 0.0485. The Kier molecular flexibility index (Phi) is 8.79. The maximum Gasteiger partial charge on any atom is 0.416 e. The van der Waals surface area contributed by atoms with E-state index in [1.807, 2.05) is 0 Å². The van der Waals surface area contributed by atoms with E-state index >= 15 is 0 Å². The van der Waals surface area contributed by atoms with Crippen LogP contribution >= 0.6 is 11.6 Å². The molecule has 0 unspecified atom stereocenters. The summed E-state index contributed by atoms with van der Waals surface area (Å²) in [4.78, 5) is 42.4. The third kappa shape index (κ3) is 6.99. The van der Waals surface area contributed by atoms with Crippen LogP contribution in [0.5, 0.6) is 0 Å². The lowest BCUT2D eigenvalue weighted by atomic mass is 9.96. The van der Waals surface area contributed by atoms with Crippen molar-refractivity contribution in [2.75, 3.05) is 5.32 Å².